The molecule has 1 aliphatic rings. The van der Waals surface area contributed by atoms with Crippen LogP contribution >= 0.6 is 11.6 Å². The summed E-state index contributed by atoms with van der Waals surface area (Å²) in [6.07, 6.45) is 0.284. The van der Waals surface area contributed by atoms with E-state index in [1.807, 2.05) is 61.0 Å². The minimum Gasteiger partial charge on any atom is -0.378 e. The number of halogens is 1. The van der Waals surface area contributed by atoms with Gasteiger partial charge in [-0.2, -0.15) is 5.10 Å². The lowest BCUT2D eigenvalue weighted by molar-refractivity contribution is -0.115. The van der Waals surface area contributed by atoms with Crippen molar-refractivity contribution in [3.05, 3.63) is 70.5 Å². The third-order valence-corrected chi connectivity index (χ3v) is 5.37. The fourth-order valence-electron chi connectivity index (χ4n) is 3.71. The molecule has 2 heterocycles. The Balaban J connectivity index is 1.46. The van der Waals surface area contributed by atoms with Crippen molar-refractivity contribution in [2.45, 2.75) is 20.3 Å². The summed E-state index contributed by atoms with van der Waals surface area (Å²) in [4.78, 5) is 14.9. The van der Waals surface area contributed by atoms with E-state index in [4.69, 9.17) is 16.3 Å². The Hall–Kier alpha value is -2.83. The van der Waals surface area contributed by atoms with Crippen LogP contribution in [0.4, 0.5) is 11.4 Å². The summed E-state index contributed by atoms with van der Waals surface area (Å²) in [5.41, 5.74) is 5.68. The maximum absolute atomic E-state index is 12.7. The monoisotopic (exact) mass is 424 g/mol. The molecular formula is C23H25ClN4O2. The van der Waals surface area contributed by atoms with Crippen LogP contribution in [0.5, 0.6) is 0 Å². The number of nitrogens with one attached hydrogen (secondary N) is 1. The van der Waals surface area contributed by atoms with E-state index in [1.165, 1.54) is 0 Å². The van der Waals surface area contributed by atoms with Gasteiger partial charge in [0.15, 0.2) is 0 Å². The van der Waals surface area contributed by atoms with Gasteiger partial charge in [0.1, 0.15) is 0 Å². The summed E-state index contributed by atoms with van der Waals surface area (Å²) < 4.78 is 7.34. The molecule has 0 radical (unpaired) electrons. The molecule has 2 aromatic carbocycles. The molecule has 0 unspecified atom stereocenters. The molecule has 1 N–H and O–H groups in total. The average molecular weight is 425 g/mol. The molecule has 1 fully saturated rings. The zero-order chi connectivity index (χ0) is 21.1. The van der Waals surface area contributed by atoms with Crippen LogP contribution in [-0.2, 0) is 16.0 Å². The Morgan fingerprint density at radius 1 is 1.10 bits per heavy atom. The first-order valence-electron chi connectivity index (χ1n) is 10.0. The van der Waals surface area contributed by atoms with Crippen LogP contribution in [0.15, 0.2) is 48.5 Å². The highest BCUT2D eigenvalue weighted by Crippen LogP contribution is 2.30. The Bertz CT molecular complexity index is 1040. The molecule has 156 valence electrons. The van der Waals surface area contributed by atoms with Crippen LogP contribution in [0.2, 0.25) is 5.02 Å². The van der Waals surface area contributed by atoms with Crippen LogP contribution in [0.25, 0.3) is 5.69 Å². The lowest BCUT2D eigenvalue weighted by Gasteiger charge is -2.30. The van der Waals surface area contributed by atoms with Crippen LogP contribution in [0, 0.1) is 13.8 Å². The lowest BCUT2D eigenvalue weighted by Crippen LogP contribution is -2.36. The largest absolute Gasteiger partial charge is 0.378 e. The van der Waals surface area contributed by atoms with Crippen molar-refractivity contribution in [2.75, 3.05) is 36.5 Å². The number of nitrogens with zero attached hydrogens (tertiary/aromatic N) is 3. The van der Waals surface area contributed by atoms with E-state index < -0.39 is 0 Å². The summed E-state index contributed by atoms with van der Waals surface area (Å²) in [5, 5.41) is 8.13. The van der Waals surface area contributed by atoms with E-state index >= 15 is 0 Å². The van der Waals surface area contributed by atoms with Gasteiger partial charge in [-0.15, -0.1) is 0 Å². The third-order valence-electron chi connectivity index (χ3n) is 5.14. The first kappa shape index (κ1) is 20.4. The third kappa shape index (κ3) is 4.66. The number of ether oxygens (including phenoxy) is 1. The van der Waals surface area contributed by atoms with Gasteiger partial charge in [-0.1, -0.05) is 23.7 Å². The molecule has 1 saturated heterocycles. The summed E-state index contributed by atoms with van der Waals surface area (Å²) in [6, 6.07) is 15.5. The molecule has 1 aromatic heterocycles. The number of aromatic nitrogens is 2. The number of hydrogen-bond donors (Lipinski definition) is 1. The molecule has 6 nitrogen and oxygen atoms in total. The quantitative estimate of drug-likeness (QED) is 0.668. The molecule has 0 saturated carbocycles. The zero-order valence-electron chi connectivity index (χ0n) is 17.2. The number of anilines is 2. The molecule has 0 atom stereocenters. The number of aryl methyl sites for hydroxylation is 2. The Kier molecular flexibility index (Phi) is 6.06. The van der Waals surface area contributed by atoms with E-state index in [9.17, 15) is 4.79 Å². The number of hydrogen-bond acceptors (Lipinski definition) is 4. The van der Waals surface area contributed by atoms with Crippen LogP contribution in [-0.4, -0.2) is 42.0 Å². The van der Waals surface area contributed by atoms with Crippen molar-refractivity contribution in [1.82, 2.24) is 9.78 Å². The van der Waals surface area contributed by atoms with Crippen LogP contribution in [0.1, 0.15) is 17.0 Å². The average Bonchev–Trinajstić information content (AvgIpc) is 3.07. The Morgan fingerprint density at radius 3 is 2.50 bits per heavy atom. The van der Waals surface area contributed by atoms with Crippen LogP contribution < -0.4 is 10.2 Å². The van der Waals surface area contributed by atoms with Crippen molar-refractivity contribution < 1.29 is 9.53 Å². The second-order valence-electron chi connectivity index (χ2n) is 7.49. The molecule has 30 heavy (non-hydrogen) atoms. The Labute approximate surface area is 181 Å². The number of amides is 1. The molecule has 0 bridgehead atoms. The molecule has 7 heteroatoms. The number of benzene rings is 2. The number of rotatable bonds is 5. The molecule has 0 spiro atoms. The minimum absolute atomic E-state index is 0.0781. The van der Waals surface area contributed by atoms with Crippen molar-refractivity contribution in [3.63, 3.8) is 0 Å². The number of carbonyl (C=O) groups is 1. The SMILES string of the molecule is Cc1cc(C)n(-c2ccc(CC(=O)Nc3cc(Cl)ccc3N3CCOCC3)cc2)n1. The van der Waals surface area contributed by atoms with Crippen molar-refractivity contribution in [3.8, 4) is 5.69 Å². The first-order chi connectivity index (χ1) is 14.5. The summed E-state index contributed by atoms with van der Waals surface area (Å²) in [6.45, 7) is 6.94. The first-order valence-corrected chi connectivity index (χ1v) is 10.4. The van der Waals surface area contributed by atoms with Gasteiger partial charge in [-0.3, -0.25) is 4.79 Å². The van der Waals surface area contributed by atoms with E-state index in [2.05, 4.69) is 15.3 Å². The van der Waals surface area contributed by atoms with Crippen molar-refractivity contribution >= 4 is 28.9 Å². The van der Waals surface area contributed by atoms with E-state index in [0.717, 1.165) is 47.1 Å². The lowest BCUT2D eigenvalue weighted by atomic mass is 10.1. The maximum Gasteiger partial charge on any atom is 0.228 e. The van der Waals surface area contributed by atoms with E-state index in [-0.39, 0.29) is 12.3 Å². The normalized spacial score (nSPS) is 14.0. The fourth-order valence-corrected chi connectivity index (χ4v) is 3.89. The highest BCUT2D eigenvalue weighted by Gasteiger charge is 2.17. The molecule has 1 aliphatic heterocycles. The topological polar surface area (TPSA) is 59.4 Å². The molecular weight excluding hydrogens is 400 g/mol. The van der Waals surface area contributed by atoms with Gasteiger partial charge in [-0.05, 0) is 55.8 Å². The molecule has 4 rings (SSSR count). The maximum atomic E-state index is 12.7. The van der Waals surface area contributed by atoms with Gasteiger partial charge >= 0.3 is 0 Å². The van der Waals surface area contributed by atoms with Gasteiger partial charge in [0.05, 0.1) is 42.4 Å². The Morgan fingerprint density at radius 2 is 1.83 bits per heavy atom. The molecule has 3 aromatic rings. The van der Waals surface area contributed by atoms with Crippen molar-refractivity contribution in [2.24, 2.45) is 0 Å². The summed E-state index contributed by atoms with van der Waals surface area (Å²) in [5.74, 6) is -0.0781. The summed E-state index contributed by atoms with van der Waals surface area (Å²) >= 11 is 6.19. The van der Waals surface area contributed by atoms with Gasteiger partial charge in [0.2, 0.25) is 5.91 Å². The smallest absolute Gasteiger partial charge is 0.228 e. The predicted molar refractivity (Wildman–Crippen MR) is 120 cm³/mol. The van der Waals surface area contributed by atoms with Crippen LogP contribution in [0.3, 0.4) is 0 Å². The second-order valence-corrected chi connectivity index (χ2v) is 7.93. The second kappa shape index (κ2) is 8.90. The van der Waals surface area contributed by atoms with Crippen molar-refractivity contribution in [1.29, 1.82) is 0 Å². The van der Waals surface area contributed by atoms with E-state index in [0.29, 0.717) is 18.2 Å². The predicted octanol–water partition coefficient (Wildman–Crippen LogP) is 4.16. The van der Waals surface area contributed by atoms with Gasteiger partial charge in [-0.25, -0.2) is 4.68 Å². The zero-order valence-corrected chi connectivity index (χ0v) is 17.9. The van der Waals surface area contributed by atoms with Gasteiger partial charge in [0, 0.05) is 23.8 Å². The van der Waals surface area contributed by atoms with Gasteiger partial charge < -0.3 is 15.0 Å². The summed E-state index contributed by atoms with van der Waals surface area (Å²) in [7, 11) is 0. The minimum atomic E-state index is -0.0781. The molecule has 1 amide bonds. The van der Waals surface area contributed by atoms with Gasteiger partial charge in [0.25, 0.3) is 0 Å². The molecule has 0 aliphatic carbocycles. The number of morpholine rings is 1. The van der Waals surface area contributed by atoms with E-state index in [1.54, 1.807) is 6.07 Å². The highest BCUT2D eigenvalue weighted by molar-refractivity contribution is 6.31. The number of carbonyl (C=O) groups excluding carboxylic acids is 1. The fraction of sp³-hybridized carbons (Fsp3) is 0.304. The highest BCUT2D eigenvalue weighted by atomic mass is 35.5. The standard InChI is InChI=1S/C23H25ClN4O2/c1-16-13-17(2)28(26-16)20-6-3-18(4-7-20)14-23(29)25-21-15-19(24)5-8-22(21)27-9-11-30-12-10-27/h3-8,13,15H,9-12,14H2,1-2H3,(H,25,29).